The van der Waals surface area contributed by atoms with Crippen LogP contribution < -0.4 is 5.32 Å². The molecule has 0 amide bonds. The molecule has 0 saturated carbocycles. The summed E-state index contributed by atoms with van der Waals surface area (Å²) in [6.07, 6.45) is 3.27. The van der Waals surface area contributed by atoms with Crippen LogP contribution in [0.2, 0.25) is 0 Å². The first-order chi connectivity index (χ1) is 10.2. The van der Waals surface area contributed by atoms with Gasteiger partial charge in [0.05, 0.1) is 0 Å². The second kappa shape index (κ2) is 7.36. The third-order valence-electron chi connectivity index (χ3n) is 2.86. The van der Waals surface area contributed by atoms with Crippen LogP contribution in [0.25, 0.3) is 0 Å². The van der Waals surface area contributed by atoms with Gasteiger partial charge in [0.1, 0.15) is 17.2 Å². The van der Waals surface area contributed by atoms with Gasteiger partial charge in [0.2, 0.25) is 0 Å². The number of benzene rings is 1. The van der Waals surface area contributed by atoms with Crippen molar-refractivity contribution in [2.24, 2.45) is 0 Å². The molecule has 6 heteroatoms. The van der Waals surface area contributed by atoms with Crippen LogP contribution in [0.3, 0.4) is 0 Å². The normalized spacial score (nSPS) is 10.7. The topological polar surface area (TPSA) is 37.8 Å². The molecule has 0 atom stereocenters. The van der Waals surface area contributed by atoms with Gasteiger partial charge in [0.15, 0.2) is 11.6 Å². The quantitative estimate of drug-likeness (QED) is 0.808. The zero-order chi connectivity index (χ0) is 15.2. The Bertz CT molecular complexity index is 620. The van der Waals surface area contributed by atoms with E-state index in [1.807, 2.05) is 6.92 Å². The summed E-state index contributed by atoms with van der Waals surface area (Å²) >= 11 is 1.32. The van der Waals surface area contributed by atoms with Crippen molar-refractivity contribution in [2.45, 2.75) is 36.6 Å². The third-order valence-corrected chi connectivity index (χ3v) is 3.89. The number of anilines is 1. The molecule has 0 radical (unpaired) electrons. The van der Waals surface area contributed by atoms with E-state index in [9.17, 15) is 8.78 Å². The Hall–Kier alpha value is -1.69. The van der Waals surface area contributed by atoms with Crippen LogP contribution in [-0.2, 0) is 6.42 Å². The Morgan fingerprint density at radius 2 is 1.95 bits per heavy atom. The molecule has 1 heterocycles. The Balaban J connectivity index is 2.33. The summed E-state index contributed by atoms with van der Waals surface area (Å²) in [6.45, 7) is 4.84. The molecule has 0 spiro atoms. The monoisotopic (exact) mass is 309 g/mol. The first-order valence-electron chi connectivity index (χ1n) is 6.86. The minimum absolute atomic E-state index is 0.618. The number of hydrogen-bond acceptors (Lipinski definition) is 4. The average molecular weight is 309 g/mol. The van der Waals surface area contributed by atoms with Crippen LogP contribution in [0.1, 0.15) is 25.8 Å². The lowest BCUT2D eigenvalue weighted by molar-refractivity contribution is 0.506. The van der Waals surface area contributed by atoms with Crippen LogP contribution in [0.4, 0.5) is 14.6 Å². The summed E-state index contributed by atoms with van der Waals surface area (Å²) in [7, 11) is 0. The molecular weight excluding hydrogens is 292 g/mol. The largest absolute Gasteiger partial charge is 0.370 e. The van der Waals surface area contributed by atoms with E-state index in [0.29, 0.717) is 4.90 Å². The molecular formula is C15H17F2N3S. The van der Waals surface area contributed by atoms with E-state index >= 15 is 0 Å². The van der Waals surface area contributed by atoms with Gasteiger partial charge >= 0.3 is 0 Å². The highest BCUT2D eigenvalue weighted by molar-refractivity contribution is 7.99. The molecule has 2 rings (SSSR count). The predicted molar refractivity (Wildman–Crippen MR) is 80.7 cm³/mol. The number of halogens is 2. The summed E-state index contributed by atoms with van der Waals surface area (Å²) < 4.78 is 26.3. The second-order valence-electron chi connectivity index (χ2n) is 4.46. The molecule has 0 unspecified atom stereocenters. The molecule has 21 heavy (non-hydrogen) atoms. The van der Waals surface area contributed by atoms with E-state index in [1.54, 1.807) is 6.07 Å². The van der Waals surface area contributed by atoms with Crippen LogP contribution in [0, 0.1) is 11.6 Å². The number of rotatable bonds is 6. The van der Waals surface area contributed by atoms with Crippen LogP contribution in [0.15, 0.2) is 34.4 Å². The van der Waals surface area contributed by atoms with E-state index in [2.05, 4.69) is 22.2 Å². The molecule has 112 valence electrons. The maximum atomic E-state index is 13.3. The maximum absolute atomic E-state index is 13.3. The molecule has 0 saturated heterocycles. The van der Waals surface area contributed by atoms with Gasteiger partial charge in [-0.1, -0.05) is 25.1 Å². The summed E-state index contributed by atoms with van der Waals surface area (Å²) in [5, 5.41) is 3.98. The van der Waals surface area contributed by atoms with Gasteiger partial charge < -0.3 is 5.32 Å². The predicted octanol–water partition coefficient (Wildman–Crippen LogP) is 4.29. The van der Waals surface area contributed by atoms with E-state index in [-0.39, 0.29) is 0 Å². The molecule has 0 aliphatic heterocycles. The van der Waals surface area contributed by atoms with Crippen molar-refractivity contribution in [3.63, 3.8) is 0 Å². The lowest BCUT2D eigenvalue weighted by atomic mass is 10.2. The van der Waals surface area contributed by atoms with E-state index < -0.39 is 11.6 Å². The lowest BCUT2D eigenvalue weighted by Crippen LogP contribution is -2.06. The van der Waals surface area contributed by atoms with Crippen molar-refractivity contribution in [3.8, 4) is 0 Å². The van der Waals surface area contributed by atoms with Gasteiger partial charge in [-0.2, -0.15) is 0 Å². The van der Waals surface area contributed by atoms with E-state index in [1.165, 1.54) is 24.2 Å². The average Bonchev–Trinajstić information content (AvgIpc) is 2.46. The highest BCUT2D eigenvalue weighted by atomic mass is 32.2. The first kappa shape index (κ1) is 15.7. The molecule has 0 bridgehead atoms. The van der Waals surface area contributed by atoms with Gasteiger partial charge in [-0.3, -0.25) is 0 Å². The second-order valence-corrected chi connectivity index (χ2v) is 5.53. The lowest BCUT2D eigenvalue weighted by Gasteiger charge is -2.12. The molecule has 1 aromatic carbocycles. The Morgan fingerprint density at radius 1 is 1.14 bits per heavy atom. The van der Waals surface area contributed by atoms with Crippen molar-refractivity contribution in [3.05, 3.63) is 41.7 Å². The fourth-order valence-electron chi connectivity index (χ4n) is 1.93. The minimum atomic E-state index is -0.849. The SMILES string of the molecule is CCCc1c(NCC)ncnc1Sc1ccc(F)c(F)c1. The van der Waals surface area contributed by atoms with Gasteiger partial charge in [-0.25, -0.2) is 18.7 Å². The summed E-state index contributed by atoms with van der Waals surface area (Å²) in [6, 6.07) is 3.86. The van der Waals surface area contributed by atoms with Crippen molar-refractivity contribution in [1.29, 1.82) is 0 Å². The molecule has 1 aromatic heterocycles. The standard InChI is InChI=1S/C15H17F2N3S/c1-3-5-11-14(18-4-2)19-9-20-15(11)21-10-6-7-12(16)13(17)8-10/h6-9H,3-5H2,1-2H3,(H,18,19,20). The van der Waals surface area contributed by atoms with Crippen molar-refractivity contribution < 1.29 is 8.78 Å². The highest BCUT2D eigenvalue weighted by Crippen LogP contribution is 2.32. The summed E-state index contributed by atoms with van der Waals surface area (Å²) in [4.78, 5) is 9.15. The molecule has 1 N–H and O–H groups in total. The van der Waals surface area contributed by atoms with Crippen LogP contribution in [0.5, 0.6) is 0 Å². The summed E-state index contributed by atoms with van der Waals surface area (Å²) in [5.41, 5.74) is 1.01. The van der Waals surface area contributed by atoms with Gasteiger partial charge in [0, 0.05) is 17.0 Å². The minimum Gasteiger partial charge on any atom is -0.370 e. The highest BCUT2D eigenvalue weighted by Gasteiger charge is 2.12. The number of aromatic nitrogens is 2. The van der Waals surface area contributed by atoms with Gasteiger partial charge in [0.25, 0.3) is 0 Å². The number of nitrogens with zero attached hydrogens (tertiary/aromatic N) is 2. The fourth-order valence-corrected chi connectivity index (χ4v) is 2.87. The Kier molecular flexibility index (Phi) is 5.50. The Morgan fingerprint density at radius 3 is 2.62 bits per heavy atom. The van der Waals surface area contributed by atoms with Crippen LogP contribution in [-0.4, -0.2) is 16.5 Å². The van der Waals surface area contributed by atoms with Crippen molar-refractivity contribution in [1.82, 2.24) is 9.97 Å². The van der Waals surface area contributed by atoms with E-state index in [4.69, 9.17) is 0 Å². The molecule has 3 nitrogen and oxygen atoms in total. The number of hydrogen-bond donors (Lipinski definition) is 1. The smallest absolute Gasteiger partial charge is 0.159 e. The van der Waals surface area contributed by atoms with Crippen LogP contribution >= 0.6 is 11.8 Å². The number of nitrogens with one attached hydrogen (secondary N) is 1. The van der Waals surface area contributed by atoms with Gasteiger partial charge in [-0.15, -0.1) is 0 Å². The van der Waals surface area contributed by atoms with Crippen molar-refractivity contribution >= 4 is 17.6 Å². The fraction of sp³-hybridized carbons (Fsp3) is 0.333. The zero-order valence-electron chi connectivity index (χ0n) is 12.0. The molecule has 2 aromatic rings. The third kappa shape index (κ3) is 3.91. The molecule has 0 aliphatic carbocycles. The first-order valence-corrected chi connectivity index (χ1v) is 7.68. The zero-order valence-corrected chi connectivity index (χ0v) is 12.8. The van der Waals surface area contributed by atoms with Crippen molar-refractivity contribution in [2.75, 3.05) is 11.9 Å². The Labute approximate surface area is 127 Å². The molecule has 0 aliphatic rings. The van der Waals surface area contributed by atoms with E-state index in [0.717, 1.165) is 41.9 Å². The molecule has 0 fully saturated rings. The maximum Gasteiger partial charge on any atom is 0.159 e. The van der Waals surface area contributed by atoms with Gasteiger partial charge in [-0.05, 0) is 31.5 Å². The summed E-state index contributed by atoms with van der Waals surface area (Å²) in [5.74, 6) is -0.887.